The molecule has 0 spiro atoms. The van der Waals surface area contributed by atoms with Crippen LogP contribution in [0.3, 0.4) is 0 Å². The van der Waals surface area contributed by atoms with Crippen LogP contribution in [0.1, 0.15) is 96.9 Å². The van der Waals surface area contributed by atoms with Gasteiger partial charge in [0, 0.05) is 11.1 Å². The maximum atomic E-state index is 2.64. The maximum Gasteiger partial charge on any atom is 0.0211 e. The third kappa shape index (κ3) is 3.12. The predicted molar refractivity (Wildman–Crippen MR) is 102 cm³/mol. The summed E-state index contributed by atoms with van der Waals surface area (Å²) in [6.07, 6.45) is 0. The van der Waals surface area contributed by atoms with Crippen molar-refractivity contribution in [2.45, 2.75) is 108 Å². The van der Waals surface area contributed by atoms with E-state index in [1.165, 1.54) is 0 Å². The molecule has 0 aromatic heterocycles. The van der Waals surface area contributed by atoms with Crippen LogP contribution in [-0.2, 0) is 0 Å². The van der Waals surface area contributed by atoms with Crippen LogP contribution in [-0.4, -0.2) is 23.0 Å². The fourth-order valence-corrected chi connectivity index (χ4v) is 3.37. The van der Waals surface area contributed by atoms with Gasteiger partial charge < -0.3 is 0 Å². The summed E-state index contributed by atoms with van der Waals surface area (Å²) < 4.78 is 0. The van der Waals surface area contributed by atoms with Crippen LogP contribution in [0.25, 0.3) is 0 Å². The molecule has 0 saturated carbocycles. The molecule has 0 aliphatic rings. The minimum atomic E-state index is 0.0806. The van der Waals surface area contributed by atoms with Gasteiger partial charge in [0.1, 0.15) is 0 Å². The van der Waals surface area contributed by atoms with Crippen molar-refractivity contribution in [1.29, 1.82) is 0 Å². The van der Waals surface area contributed by atoms with Gasteiger partial charge in [-0.2, -0.15) is 0 Å². The molecule has 0 bridgehead atoms. The molecule has 1 heteroatoms. The van der Waals surface area contributed by atoms with E-state index in [1.807, 2.05) is 0 Å². The quantitative estimate of drug-likeness (QED) is 0.564. The molecule has 0 aliphatic heterocycles. The molecule has 0 fully saturated rings. The SMILES string of the molecule is CN(C(C)(C)C(C)(C)C(C)(C)C)C(C)(C)C(C)(C)C(C)(C)C. The molecular weight excluding hydrogens is 266 g/mol. The number of nitrogens with zero attached hydrogens (tertiary/aromatic N) is 1. The van der Waals surface area contributed by atoms with Crippen molar-refractivity contribution in [3.63, 3.8) is 0 Å². The Morgan fingerprint density at radius 1 is 0.409 bits per heavy atom. The van der Waals surface area contributed by atoms with Gasteiger partial charge in [-0.05, 0) is 56.4 Å². The number of rotatable bonds is 4. The van der Waals surface area contributed by atoms with Gasteiger partial charge in [-0.1, -0.05) is 69.2 Å². The van der Waals surface area contributed by atoms with Crippen LogP contribution in [0.15, 0.2) is 0 Å². The van der Waals surface area contributed by atoms with Crippen molar-refractivity contribution >= 4 is 0 Å². The van der Waals surface area contributed by atoms with Crippen molar-refractivity contribution in [1.82, 2.24) is 4.90 Å². The standard InChI is InChI=1S/C21H45N/c1-16(2,3)18(7,8)20(11,12)22(15)21(13,14)19(9,10)17(4,5)6/h1-15H3. The molecule has 0 unspecified atom stereocenters. The highest BCUT2D eigenvalue weighted by molar-refractivity contribution is 5.08. The van der Waals surface area contributed by atoms with E-state index in [9.17, 15) is 0 Å². The zero-order valence-electron chi connectivity index (χ0n) is 18.4. The topological polar surface area (TPSA) is 3.24 Å². The summed E-state index contributed by atoms with van der Waals surface area (Å²) in [5, 5.41) is 0. The van der Waals surface area contributed by atoms with Crippen molar-refractivity contribution in [3.05, 3.63) is 0 Å². The van der Waals surface area contributed by atoms with Crippen molar-refractivity contribution < 1.29 is 0 Å². The smallest absolute Gasteiger partial charge is 0.0211 e. The first-order valence-electron chi connectivity index (χ1n) is 8.89. The van der Waals surface area contributed by atoms with Gasteiger partial charge in [0.25, 0.3) is 0 Å². The zero-order valence-corrected chi connectivity index (χ0v) is 18.4. The Morgan fingerprint density at radius 3 is 0.727 bits per heavy atom. The number of hydrogen-bond acceptors (Lipinski definition) is 1. The van der Waals surface area contributed by atoms with Crippen molar-refractivity contribution in [3.8, 4) is 0 Å². The van der Waals surface area contributed by atoms with Gasteiger partial charge in [-0.25, -0.2) is 0 Å². The molecule has 0 radical (unpaired) electrons. The molecule has 0 amide bonds. The van der Waals surface area contributed by atoms with Crippen LogP contribution in [0.2, 0.25) is 0 Å². The highest BCUT2D eigenvalue weighted by Gasteiger charge is 2.55. The van der Waals surface area contributed by atoms with Gasteiger partial charge >= 0.3 is 0 Å². The molecule has 0 aromatic rings. The Bertz CT molecular complexity index is 345. The molecule has 0 rings (SSSR count). The number of hydrogen-bond donors (Lipinski definition) is 0. The van der Waals surface area contributed by atoms with E-state index in [0.29, 0.717) is 0 Å². The van der Waals surface area contributed by atoms with E-state index < -0.39 is 0 Å². The fourth-order valence-electron chi connectivity index (χ4n) is 3.37. The molecule has 0 aromatic carbocycles. The molecule has 0 atom stereocenters. The van der Waals surface area contributed by atoms with Crippen LogP contribution in [0, 0.1) is 21.7 Å². The second-order valence-corrected chi connectivity index (χ2v) is 11.4. The van der Waals surface area contributed by atoms with E-state index in [0.717, 1.165) is 0 Å². The Hall–Kier alpha value is -0.0400. The first-order valence-corrected chi connectivity index (χ1v) is 8.89. The van der Waals surface area contributed by atoms with Gasteiger partial charge in [-0.3, -0.25) is 4.90 Å². The van der Waals surface area contributed by atoms with E-state index in [4.69, 9.17) is 0 Å². The Balaban J connectivity index is 6.00. The lowest BCUT2D eigenvalue weighted by molar-refractivity contribution is -0.139. The molecular formula is C21H45N. The largest absolute Gasteiger partial charge is 0.295 e. The van der Waals surface area contributed by atoms with Crippen LogP contribution >= 0.6 is 0 Å². The van der Waals surface area contributed by atoms with Gasteiger partial charge in [0.05, 0.1) is 0 Å². The normalized spacial score (nSPS) is 16.4. The Labute approximate surface area is 142 Å². The third-order valence-corrected chi connectivity index (χ3v) is 8.49. The van der Waals surface area contributed by atoms with Crippen LogP contribution < -0.4 is 0 Å². The second-order valence-electron chi connectivity index (χ2n) is 11.4. The maximum absolute atomic E-state index is 2.64. The lowest BCUT2D eigenvalue weighted by Crippen LogP contribution is -2.68. The van der Waals surface area contributed by atoms with E-state index >= 15 is 0 Å². The zero-order chi connectivity index (χ0) is 18.6. The highest BCUT2D eigenvalue weighted by atomic mass is 15.2. The summed E-state index contributed by atoms with van der Waals surface area (Å²) in [6.45, 7) is 33.5. The summed E-state index contributed by atoms with van der Waals surface area (Å²) in [5.74, 6) is 0. The summed E-state index contributed by atoms with van der Waals surface area (Å²) >= 11 is 0. The third-order valence-electron chi connectivity index (χ3n) is 8.49. The summed E-state index contributed by atoms with van der Waals surface area (Å²) in [6, 6.07) is 0. The average molecular weight is 312 g/mol. The monoisotopic (exact) mass is 311 g/mol. The predicted octanol–water partition coefficient (Wildman–Crippen LogP) is 6.62. The fraction of sp³-hybridized carbons (Fsp3) is 1.00. The van der Waals surface area contributed by atoms with Crippen LogP contribution in [0.5, 0.6) is 0 Å². The first kappa shape index (κ1) is 22.0. The van der Waals surface area contributed by atoms with Gasteiger partial charge in [-0.15, -0.1) is 0 Å². The lowest BCUT2D eigenvalue weighted by atomic mass is 9.54. The van der Waals surface area contributed by atoms with Crippen LogP contribution in [0.4, 0.5) is 0 Å². The molecule has 1 nitrogen and oxygen atoms in total. The molecule has 134 valence electrons. The van der Waals surface area contributed by atoms with E-state index in [1.54, 1.807) is 0 Å². The first-order chi connectivity index (χ1) is 9.15. The minimum absolute atomic E-state index is 0.0806. The summed E-state index contributed by atoms with van der Waals surface area (Å²) in [7, 11) is 2.32. The summed E-state index contributed by atoms with van der Waals surface area (Å²) in [5.41, 5.74) is 1.01. The minimum Gasteiger partial charge on any atom is -0.295 e. The molecule has 0 N–H and O–H groups in total. The second kappa shape index (κ2) is 5.50. The molecule has 22 heavy (non-hydrogen) atoms. The Kier molecular flexibility index (Phi) is 5.49. The van der Waals surface area contributed by atoms with Gasteiger partial charge in [0.2, 0.25) is 0 Å². The van der Waals surface area contributed by atoms with E-state index in [2.05, 4.69) is 109 Å². The average Bonchev–Trinajstić information content (AvgIpc) is 2.24. The molecule has 0 saturated heterocycles. The van der Waals surface area contributed by atoms with Crippen molar-refractivity contribution in [2.75, 3.05) is 7.05 Å². The molecule has 0 heterocycles. The molecule has 0 aliphatic carbocycles. The van der Waals surface area contributed by atoms with E-state index in [-0.39, 0.29) is 32.7 Å². The van der Waals surface area contributed by atoms with Gasteiger partial charge in [0.15, 0.2) is 0 Å². The van der Waals surface area contributed by atoms with Crippen molar-refractivity contribution in [2.24, 2.45) is 21.7 Å². The summed E-state index contributed by atoms with van der Waals surface area (Å²) in [4.78, 5) is 2.64. The Morgan fingerprint density at radius 2 is 0.591 bits per heavy atom. The lowest BCUT2D eigenvalue weighted by Gasteiger charge is -2.64. The highest BCUT2D eigenvalue weighted by Crippen LogP contribution is 2.55.